The summed E-state index contributed by atoms with van der Waals surface area (Å²) in [6.07, 6.45) is 2.29. The molecular formula is C14H20N2O2. The Hall–Kier alpha value is -1.26. The number of nitrogens with two attached hydrogens (primary N) is 1. The molecule has 4 heteroatoms. The van der Waals surface area contributed by atoms with E-state index in [4.69, 9.17) is 15.2 Å². The third-order valence-electron chi connectivity index (χ3n) is 4.07. The number of rotatable bonds is 2. The van der Waals surface area contributed by atoms with Crippen molar-refractivity contribution in [1.29, 1.82) is 0 Å². The van der Waals surface area contributed by atoms with Crippen LogP contribution in [0.15, 0.2) is 18.2 Å². The van der Waals surface area contributed by atoms with Crippen LogP contribution < -0.4 is 15.2 Å². The topological polar surface area (TPSA) is 47.7 Å². The molecule has 0 amide bonds. The zero-order valence-electron chi connectivity index (χ0n) is 10.8. The molecule has 2 heterocycles. The van der Waals surface area contributed by atoms with Crippen LogP contribution in [0.25, 0.3) is 0 Å². The molecule has 0 saturated carbocycles. The van der Waals surface area contributed by atoms with E-state index < -0.39 is 0 Å². The van der Waals surface area contributed by atoms with Crippen molar-refractivity contribution in [1.82, 2.24) is 4.90 Å². The summed E-state index contributed by atoms with van der Waals surface area (Å²) in [5.74, 6) is 1.81. The Kier molecular flexibility index (Phi) is 3.14. The van der Waals surface area contributed by atoms with Crippen LogP contribution in [-0.4, -0.2) is 37.7 Å². The first-order chi connectivity index (χ1) is 8.81. The lowest BCUT2D eigenvalue weighted by molar-refractivity contribution is 0.164. The minimum atomic E-state index is 0.398. The Morgan fingerprint density at radius 2 is 2.11 bits per heavy atom. The molecule has 3 rings (SSSR count). The lowest BCUT2D eigenvalue weighted by atomic mass is 10.0. The van der Waals surface area contributed by atoms with Gasteiger partial charge in [0.15, 0.2) is 11.5 Å². The first-order valence-corrected chi connectivity index (χ1v) is 6.61. The fourth-order valence-corrected chi connectivity index (χ4v) is 3.03. The van der Waals surface area contributed by atoms with E-state index in [1.165, 1.54) is 5.56 Å². The van der Waals surface area contributed by atoms with Crippen LogP contribution >= 0.6 is 0 Å². The van der Waals surface area contributed by atoms with E-state index in [-0.39, 0.29) is 0 Å². The third kappa shape index (κ3) is 1.85. The molecule has 4 nitrogen and oxygen atoms in total. The SMILES string of the molecule is CN1C(CN)CCC1c1cccc2c1OCCO2. The molecule has 2 aliphatic heterocycles. The van der Waals surface area contributed by atoms with Crippen LogP contribution in [0.5, 0.6) is 11.5 Å². The third-order valence-corrected chi connectivity index (χ3v) is 4.07. The van der Waals surface area contributed by atoms with Gasteiger partial charge in [0.05, 0.1) is 0 Å². The van der Waals surface area contributed by atoms with Crippen molar-refractivity contribution in [3.63, 3.8) is 0 Å². The highest BCUT2D eigenvalue weighted by atomic mass is 16.6. The summed E-state index contributed by atoms with van der Waals surface area (Å²) in [5, 5.41) is 0. The number of likely N-dealkylation sites (tertiary alicyclic amines) is 1. The predicted octanol–water partition coefficient (Wildman–Crippen LogP) is 1.55. The normalized spacial score (nSPS) is 27.4. The van der Waals surface area contributed by atoms with Crippen LogP contribution in [0.2, 0.25) is 0 Å². The molecule has 98 valence electrons. The molecule has 1 fully saturated rings. The fourth-order valence-electron chi connectivity index (χ4n) is 3.03. The van der Waals surface area contributed by atoms with Crippen LogP contribution in [0, 0.1) is 0 Å². The second-order valence-electron chi connectivity index (χ2n) is 5.02. The van der Waals surface area contributed by atoms with Gasteiger partial charge in [0.25, 0.3) is 0 Å². The van der Waals surface area contributed by atoms with Gasteiger partial charge in [-0.3, -0.25) is 4.90 Å². The first-order valence-electron chi connectivity index (χ1n) is 6.61. The van der Waals surface area contributed by atoms with Crippen LogP contribution in [0.3, 0.4) is 0 Å². The molecule has 0 bridgehead atoms. The smallest absolute Gasteiger partial charge is 0.166 e. The van der Waals surface area contributed by atoms with Crippen molar-refractivity contribution in [2.24, 2.45) is 5.73 Å². The van der Waals surface area contributed by atoms with Gasteiger partial charge in [-0.15, -0.1) is 0 Å². The van der Waals surface area contributed by atoms with Gasteiger partial charge in [-0.05, 0) is 26.0 Å². The molecule has 0 radical (unpaired) electrons. The standard InChI is InChI=1S/C14H20N2O2/c1-16-10(9-15)5-6-12(16)11-3-2-4-13-14(11)18-8-7-17-13/h2-4,10,12H,5-9,15H2,1H3. The number of para-hydroxylation sites is 1. The molecule has 0 aromatic heterocycles. The molecule has 2 aliphatic rings. The monoisotopic (exact) mass is 248 g/mol. The summed E-state index contributed by atoms with van der Waals surface area (Å²) < 4.78 is 11.4. The highest BCUT2D eigenvalue weighted by molar-refractivity contribution is 5.49. The van der Waals surface area contributed by atoms with Crippen molar-refractivity contribution < 1.29 is 9.47 Å². The van der Waals surface area contributed by atoms with Gasteiger partial charge in [-0.1, -0.05) is 12.1 Å². The predicted molar refractivity (Wildman–Crippen MR) is 70.0 cm³/mol. The van der Waals surface area contributed by atoms with Gasteiger partial charge in [-0.2, -0.15) is 0 Å². The molecule has 2 atom stereocenters. The van der Waals surface area contributed by atoms with Crippen LogP contribution in [0.1, 0.15) is 24.4 Å². The molecule has 1 saturated heterocycles. The van der Waals surface area contributed by atoms with E-state index in [1.54, 1.807) is 0 Å². The van der Waals surface area contributed by atoms with Gasteiger partial charge in [0.2, 0.25) is 0 Å². The molecule has 18 heavy (non-hydrogen) atoms. The first kappa shape index (κ1) is 11.8. The Morgan fingerprint density at radius 3 is 2.89 bits per heavy atom. The van der Waals surface area contributed by atoms with Crippen molar-refractivity contribution in [2.45, 2.75) is 24.9 Å². The summed E-state index contributed by atoms with van der Waals surface area (Å²) >= 11 is 0. The maximum absolute atomic E-state index is 5.80. The molecule has 2 unspecified atom stereocenters. The summed E-state index contributed by atoms with van der Waals surface area (Å²) in [5.41, 5.74) is 7.05. The molecule has 2 N–H and O–H groups in total. The number of ether oxygens (including phenoxy) is 2. The van der Waals surface area contributed by atoms with Crippen molar-refractivity contribution in [3.05, 3.63) is 23.8 Å². The van der Waals surface area contributed by atoms with Crippen molar-refractivity contribution in [3.8, 4) is 11.5 Å². The minimum Gasteiger partial charge on any atom is -0.486 e. The Balaban J connectivity index is 1.93. The minimum absolute atomic E-state index is 0.398. The van der Waals surface area contributed by atoms with Crippen molar-refractivity contribution in [2.75, 3.05) is 26.8 Å². The number of benzene rings is 1. The molecule has 1 aromatic rings. The second kappa shape index (κ2) is 4.78. The van der Waals surface area contributed by atoms with E-state index in [2.05, 4.69) is 18.0 Å². The zero-order chi connectivity index (χ0) is 12.5. The van der Waals surface area contributed by atoms with E-state index in [1.807, 2.05) is 12.1 Å². The molecule has 1 aromatic carbocycles. The van der Waals surface area contributed by atoms with Crippen LogP contribution in [-0.2, 0) is 0 Å². The lowest BCUT2D eigenvalue weighted by Crippen LogP contribution is -2.33. The van der Waals surface area contributed by atoms with Gasteiger partial charge in [0, 0.05) is 24.2 Å². The fraction of sp³-hybridized carbons (Fsp3) is 0.571. The van der Waals surface area contributed by atoms with Gasteiger partial charge < -0.3 is 15.2 Å². The second-order valence-corrected chi connectivity index (χ2v) is 5.02. The average Bonchev–Trinajstić information content (AvgIpc) is 2.79. The Bertz CT molecular complexity index is 436. The Morgan fingerprint density at radius 1 is 1.28 bits per heavy atom. The maximum Gasteiger partial charge on any atom is 0.166 e. The number of nitrogens with zero attached hydrogens (tertiary/aromatic N) is 1. The lowest BCUT2D eigenvalue weighted by Gasteiger charge is -2.28. The molecule has 0 aliphatic carbocycles. The average molecular weight is 248 g/mol. The highest BCUT2D eigenvalue weighted by Gasteiger charge is 2.33. The van der Waals surface area contributed by atoms with E-state index >= 15 is 0 Å². The largest absolute Gasteiger partial charge is 0.486 e. The number of fused-ring (bicyclic) bond motifs is 1. The highest BCUT2D eigenvalue weighted by Crippen LogP contribution is 2.43. The Labute approximate surface area is 108 Å². The number of likely N-dealkylation sites (N-methyl/N-ethyl adjacent to an activating group) is 1. The molecule has 0 spiro atoms. The van der Waals surface area contributed by atoms with E-state index in [9.17, 15) is 0 Å². The van der Waals surface area contributed by atoms with Gasteiger partial charge in [-0.25, -0.2) is 0 Å². The summed E-state index contributed by atoms with van der Waals surface area (Å²) in [6, 6.07) is 7.05. The quantitative estimate of drug-likeness (QED) is 0.862. The van der Waals surface area contributed by atoms with Gasteiger partial charge in [0.1, 0.15) is 13.2 Å². The van der Waals surface area contributed by atoms with E-state index in [0.29, 0.717) is 25.3 Å². The van der Waals surface area contributed by atoms with Crippen LogP contribution in [0.4, 0.5) is 0 Å². The zero-order valence-corrected chi connectivity index (χ0v) is 10.8. The summed E-state index contributed by atoms with van der Waals surface area (Å²) in [7, 11) is 2.15. The maximum atomic E-state index is 5.80. The number of hydrogen-bond acceptors (Lipinski definition) is 4. The summed E-state index contributed by atoms with van der Waals surface area (Å²) in [6.45, 7) is 2.00. The van der Waals surface area contributed by atoms with E-state index in [0.717, 1.165) is 30.9 Å². The molecular weight excluding hydrogens is 228 g/mol. The number of hydrogen-bond donors (Lipinski definition) is 1. The summed E-state index contributed by atoms with van der Waals surface area (Å²) in [4.78, 5) is 2.37. The van der Waals surface area contributed by atoms with Gasteiger partial charge >= 0.3 is 0 Å². The van der Waals surface area contributed by atoms with Crippen molar-refractivity contribution >= 4 is 0 Å².